The summed E-state index contributed by atoms with van der Waals surface area (Å²) in [6, 6.07) is 9.30. The minimum atomic E-state index is -0.0329. The number of aromatic nitrogens is 2. The van der Waals surface area contributed by atoms with E-state index in [-0.39, 0.29) is 11.3 Å². The molecule has 1 unspecified atom stereocenters. The van der Waals surface area contributed by atoms with Gasteiger partial charge >= 0.3 is 0 Å². The highest BCUT2D eigenvalue weighted by atomic mass is 16.5. The quantitative estimate of drug-likeness (QED) is 0.932. The van der Waals surface area contributed by atoms with Crippen LogP contribution in [0.15, 0.2) is 36.5 Å². The Morgan fingerprint density at radius 2 is 2.09 bits per heavy atom. The average molecular weight is 314 g/mol. The second-order valence-electron chi connectivity index (χ2n) is 6.34. The van der Waals surface area contributed by atoms with Crippen molar-refractivity contribution in [2.45, 2.75) is 13.3 Å². The van der Waals surface area contributed by atoms with Crippen LogP contribution in [-0.4, -0.2) is 47.3 Å². The zero-order valence-electron chi connectivity index (χ0n) is 13.5. The molecule has 0 aliphatic carbocycles. The van der Waals surface area contributed by atoms with Gasteiger partial charge in [0.05, 0.1) is 12.8 Å². The van der Waals surface area contributed by atoms with Crippen molar-refractivity contribution < 1.29 is 9.53 Å². The fraction of sp³-hybridized carbons (Fsp3) is 0.412. The maximum atomic E-state index is 12.6. The summed E-state index contributed by atoms with van der Waals surface area (Å²) in [6.45, 7) is 4.15. The number of hydrogen-bond acceptors (Lipinski definition) is 4. The van der Waals surface area contributed by atoms with Crippen LogP contribution in [0.2, 0.25) is 0 Å². The lowest BCUT2D eigenvalue weighted by atomic mass is 9.90. The van der Waals surface area contributed by atoms with Crippen molar-refractivity contribution in [2.24, 2.45) is 11.1 Å². The van der Waals surface area contributed by atoms with E-state index in [9.17, 15) is 4.79 Å². The molecule has 6 nitrogen and oxygen atoms in total. The van der Waals surface area contributed by atoms with Gasteiger partial charge in [0, 0.05) is 19.3 Å². The number of carbonyl (C=O) groups is 1. The van der Waals surface area contributed by atoms with Crippen LogP contribution in [-0.2, 0) is 0 Å². The zero-order valence-corrected chi connectivity index (χ0v) is 13.5. The van der Waals surface area contributed by atoms with Crippen molar-refractivity contribution in [3.05, 3.63) is 42.2 Å². The number of methoxy groups -OCH3 is 1. The van der Waals surface area contributed by atoms with E-state index in [4.69, 9.17) is 10.5 Å². The van der Waals surface area contributed by atoms with Crippen LogP contribution in [0.3, 0.4) is 0 Å². The number of nitrogens with two attached hydrogens (primary N) is 1. The van der Waals surface area contributed by atoms with Gasteiger partial charge in [-0.1, -0.05) is 6.92 Å². The molecule has 1 amide bonds. The Bertz CT molecular complexity index is 695. The fourth-order valence-corrected chi connectivity index (χ4v) is 2.84. The summed E-state index contributed by atoms with van der Waals surface area (Å²) >= 11 is 0. The summed E-state index contributed by atoms with van der Waals surface area (Å²) in [7, 11) is 1.63. The van der Waals surface area contributed by atoms with Gasteiger partial charge in [-0.05, 0) is 48.7 Å². The first-order chi connectivity index (χ1) is 11.0. The lowest BCUT2D eigenvalue weighted by molar-refractivity contribution is 0.0770. The molecule has 23 heavy (non-hydrogen) atoms. The van der Waals surface area contributed by atoms with E-state index in [2.05, 4.69) is 12.0 Å². The van der Waals surface area contributed by atoms with E-state index in [0.717, 1.165) is 24.4 Å². The number of nitrogens with zero attached hydrogens (tertiary/aromatic N) is 3. The monoisotopic (exact) mass is 314 g/mol. The molecule has 0 bridgehead atoms. The SMILES string of the molecule is COc1ccc(-n2ccc(C(=O)N3CCC(C)(CN)C3)n2)cc1. The van der Waals surface area contributed by atoms with Gasteiger partial charge in [-0.2, -0.15) is 5.10 Å². The third kappa shape index (κ3) is 3.07. The second-order valence-corrected chi connectivity index (χ2v) is 6.34. The number of likely N-dealkylation sites (tertiary alicyclic amines) is 1. The third-order valence-corrected chi connectivity index (χ3v) is 4.48. The number of rotatable bonds is 4. The van der Waals surface area contributed by atoms with Crippen LogP contribution in [0, 0.1) is 5.41 Å². The van der Waals surface area contributed by atoms with Gasteiger partial charge in [-0.25, -0.2) is 4.68 Å². The predicted octanol–water partition coefficient (Wildman–Crippen LogP) is 1.69. The molecule has 122 valence electrons. The molecule has 1 fully saturated rings. The molecule has 1 aromatic heterocycles. The van der Waals surface area contributed by atoms with Crippen LogP contribution in [0.25, 0.3) is 5.69 Å². The first-order valence-corrected chi connectivity index (χ1v) is 7.74. The average Bonchev–Trinajstić information content (AvgIpc) is 3.22. The summed E-state index contributed by atoms with van der Waals surface area (Å²) in [5, 5.41) is 4.41. The molecule has 6 heteroatoms. The Balaban J connectivity index is 1.75. The van der Waals surface area contributed by atoms with Gasteiger partial charge in [-0.3, -0.25) is 4.79 Å². The highest BCUT2D eigenvalue weighted by Gasteiger charge is 2.35. The number of benzene rings is 1. The Morgan fingerprint density at radius 3 is 2.70 bits per heavy atom. The fourth-order valence-electron chi connectivity index (χ4n) is 2.84. The predicted molar refractivity (Wildman–Crippen MR) is 87.8 cm³/mol. The highest BCUT2D eigenvalue weighted by Crippen LogP contribution is 2.29. The Hall–Kier alpha value is -2.34. The molecule has 0 spiro atoms. The van der Waals surface area contributed by atoms with Gasteiger partial charge in [-0.15, -0.1) is 0 Å². The van der Waals surface area contributed by atoms with Crippen LogP contribution in [0.4, 0.5) is 0 Å². The van der Waals surface area contributed by atoms with E-state index in [1.807, 2.05) is 29.2 Å². The minimum Gasteiger partial charge on any atom is -0.497 e. The van der Waals surface area contributed by atoms with Crippen molar-refractivity contribution in [1.82, 2.24) is 14.7 Å². The van der Waals surface area contributed by atoms with Gasteiger partial charge in [0.25, 0.3) is 5.91 Å². The summed E-state index contributed by atoms with van der Waals surface area (Å²) in [6.07, 6.45) is 2.74. The summed E-state index contributed by atoms with van der Waals surface area (Å²) in [5.41, 5.74) is 7.17. The van der Waals surface area contributed by atoms with Gasteiger partial charge in [0.15, 0.2) is 5.69 Å². The van der Waals surface area contributed by atoms with Crippen LogP contribution >= 0.6 is 0 Å². The first kappa shape index (κ1) is 15.6. The molecule has 0 saturated carbocycles. The number of ether oxygens (including phenoxy) is 1. The van der Waals surface area contributed by atoms with Gasteiger partial charge < -0.3 is 15.4 Å². The topological polar surface area (TPSA) is 73.4 Å². The van der Waals surface area contributed by atoms with Crippen molar-refractivity contribution in [3.63, 3.8) is 0 Å². The molecule has 1 saturated heterocycles. The second kappa shape index (κ2) is 6.04. The minimum absolute atomic E-state index is 0.0220. The smallest absolute Gasteiger partial charge is 0.274 e. The molecule has 2 heterocycles. The normalized spacial score (nSPS) is 20.7. The van der Waals surface area contributed by atoms with Crippen LogP contribution in [0.5, 0.6) is 5.75 Å². The molecule has 0 radical (unpaired) electrons. The van der Waals surface area contributed by atoms with Gasteiger partial charge in [0.1, 0.15) is 5.75 Å². The molecule has 1 atom stereocenters. The van der Waals surface area contributed by atoms with E-state index in [1.165, 1.54) is 0 Å². The van der Waals surface area contributed by atoms with E-state index >= 15 is 0 Å². The van der Waals surface area contributed by atoms with E-state index in [1.54, 1.807) is 24.1 Å². The number of carbonyl (C=O) groups excluding carboxylic acids is 1. The van der Waals surface area contributed by atoms with Crippen LogP contribution in [0.1, 0.15) is 23.8 Å². The van der Waals surface area contributed by atoms with Gasteiger partial charge in [0.2, 0.25) is 0 Å². The molecular formula is C17H22N4O2. The molecule has 2 aromatic rings. The summed E-state index contributed by atoms with van der Waals surface area (Å²) in [4.78, 5) is 14.4. The maximum Gasteiger partial charge on any atom is 0.274 e. The number of hydrogen-bond donors (Lipinski definition) is 1. The molecule has 3 rings (SSSR count). The molecule has 2 N–H and O–H groups in total. The standard InChI is InChI=1S/C17H22N4O2/c1-17(11-18)8-10-20(12-17)16(22)15-7-9-21(19-15)13-3-5-14(23-2)6-4-13/h3-7,9H,8,10-12,18H2,1-2H3. The third-order valence-electron chi connectivity index (χ3n) is 4.48. The number of amides is 1. The largest absolute Gasteiger partial charge is 0.497 e. The molecule has 1 aliphatic heterocycles. The van der Waals surface area contributed by atoms with E-state index < -0.39 is 0 Å². The maximum absolute atomic E-state index is 12.6. The van der Waals surface area contributed by atoms with Crippen molar-refractivity contribution in [2.75, 3.05) is 26.7 Å². The highest BCUT2D eigenvalue weighted by molar-refractivity contribution is 5.92. The summed E-state index contributed by atoms with van der Waals surface area (Å²) in [5.74, 6) is 0.754. The first-order valence-electron chi connectivity index (χ1n) is 7.74. The Labute approximate surface area is 135 Å². The molecule has 1 aliphatic rings. The van der Waals surface area contributed by atoms with Crippen molar-refractivity contribution in [1.29, 1.82) is 0 Å². The molecule has 1 aromatic carbocycles. The van der Waals surface area contributed by atoms with E-state index in [0.29, 0.717) is 18.8 Å². The lowest BCUT2D eigenvalue weighted by Crippen LogP contribution is -2.34. The summed E-state index contributed by atoms with van der Waals surface area (Å²) < 4.78 is 6.84. The molecular weight excluding hydrogens is 292 g/mol. The van der Waals surface area contributed by atoms with Crippen LogP contribution < -0.4 is 10.5 Å². The Kier molecular flexibility index (Phi) is 4.09. The lowest BCUT2D eigenvalue weighted by Gasteiger charge is -2.22. The Morgan fingerprint density at radius 1 is 1.35 bits per heavy atom. The zero-order chi connectivity index (χ0) is 16.4. The van der Waals surface area contributed by atoms with Crippen molar-refractivity contribution >= 4 is 5.91 Å². The van der Waals surface area contributed by atoms with Crippen molar-refractivity contribution in [3.8, 4) is 11.4 Å².